The monoisotopic (exact) mass is 373 g/mol. The Balaban J connectivity index is 1.78. The topological polar surface area (TPSA) is 65.8 Å². The van der Waals surface area contributed by atoms with Gasteiger partial charge in [0.15, 0.2) is 0 Å². The lowest BCUT2D eigenvalue weighted by molar-refractivity contribution is 0.996. The van der Waals surface area contributed by atoms with Crippen LogP contribution in [-0.4, -0.2) is 33.5 Å². The first-order valence-electron chi connectivity index (χ1n) is 7.46. The van der Waals surface area contributed by atoms with Crippen molar-refractivity contribution in [2.45, 2.75) is 13.3 Å². The summed E-state index contributed by atoms with van der Waals surface area (Å²) in [6, 6.07) is 3.94. The van der Waals surface area contributed by atoms with Gasteiger partial charge in [0.1, 0.15) is 20.7 Å². The number of aromatic nitrogens is 3. The molecule has 1 N–H and O–H groups in total. The van der Waals surface area contributed by atoms with Crippen LogP contribution in [0.25, 0.3) is 20.5 Å². The van der Waals surface area contributed by atoms with E-state index in [9.17, 15) is 0 Å². The normalized spacial score (nSPS) is 14.1. The van der Waals surface area contributed by atoms with Crippen molar-refractivity contribution in [2.75, 3.05) is 17.1 Å². The largest absolute Gasteiger partial charge is 0.306 e. The minimum atomic E-state index is 0.632. The molecule has 0 amide bonds. The average Bonchev–Trinajstić information content (AvgIpc) is 3.20. The van der Waals surface area contributed by atoms with E-state index in [1.165, 1.54) is 0 Å². The molecule has 1 aliphatic heterocycles. The first kappa shape index (κ1) is 15.7. The SMILES string of the molecule is CSN1CCC(=N)c2nc(-c3sc(-c4cccnc4)nc3C)sc21. The van der Waals surface area contributed by atoms with E-state index in [0.717, 1.165) is 49.8 Å². The third-order valence-electron chi connectivity index (χ3n) is 3.81. The Morgan fingerprint density at radius 3 is 2.88 bits per heavy atom. The van der Waals surface area contributed by atoms with Crippen molar-refractivity contribution >= 4 is 45.3 Å². The van der Waals surface area contributed by atoms with E-state index in [-0.39, 0.29) is 0 Å². The van der Waals surface area contributed by atoms with Crippen LogP contribution in [0.1, 0.15) is 17.8 Å². The van der Waals surface area contributed by atoms with Crippen molar-refractivity contribution in [1.82, 2.24) is 15.0 Å². The van der Waals surface area contributed by atoms with Gasteiger partial charge in [-0.2, -0.15) is 0 Å². The number of anilines is 1. The van der Waals surface area contributed by atoms with Crippen molar-refractivity contribution < 1.29 is 0 Å². The number of thiazole rings is 2. The number of hydrogen-bond donors (Lipinski definition) is 1. The van der Waals surface area contributed by atoms with Crippen molar-refractivity contribution in [1.29, 1.82) is 5.41 Å². The highest BCUT2D eigenvalue weighted by atomic mass is 32.2. The van der Waals surface area contributed by atoms with E-state index in [2.05, 4.69) is 15.5 Å². The number of fused-ring (bicyclic) bond motifs is 1. The molecule has 5 nitrogen and oxygen atoms in total. The average molecular weight is 374 g/mol. The Kier molecular flexibility index (Phi) is 4.11. The molecule has 4 heterocycles. The molecule has 0 saturated carbocycles. The van der Waals surface area contributed by atoms with Crippen LogP contribution in [0.5, 0.6) is 0 Å². The van der Waals surface area contributed by atoms with E-state index in [4.69, 9.17) is 15.4 Å². The predicted molar refractivity (Wildman–Crippen MR) is 103 cm³/mol. The summed E-state index contributed by atoms with van der Waals surface area (Å²) in [7, 11) is 0. The van der Waals surface area contributed by atoms with Crippen LogP contribution < -0.4 is 4.31 Å². The smallest absolute Gasteiger partial charge is 0.138 e. The third kappa shape index (κ3) is 2.64. The van der Waals surface area contributed by atoms with Gasteiger partial charge in [-0.05, 0) is 19.1 Å². The van der Waals surface area contributed by atoms with Crippen LogP contribution in [0.3, 0.4) is 0 Å². The molecule has 0 radical (unpaired) electrons. The molecule has 0 aliphatic carbocycles. The fourth-order valence-electron chi connectivity index (χ4n) is 2.59. The Bertz CT molecular complexity index is 900. The van der Waals surface area contributed by atoms with Crippen LogP contribution in [0, 0.1) is 12.3 Å². The Hall–Kier alpha value is -1.77. The molecule has 24 heavy (non-hydrogen) atoms. The maximum atomic E-state index is 8.19. The summed E-state index contributed by atoms with van der Waals surface area (Å²) in [6.07, 6.45) is 6.42. The molecule has 0 saturated heterocycles. The van der Waals surface area contributed by atoms with Gasteiger partial charge in [-0.25, -0.2) is 9.97 Å². The molecule has 1 aliphatic rings. The zero-order valence-electron chi connectivity index (χ0n) is 13.2. The second-order valence-electron chi connectivity index (χ2n) is 5.36. The van der Waals surface area contributed by atoms with Crippen LogP contribution >= 0.6 is 34.6 Å². The first-order valence-corrected chi connectivity index (χ1v) is 10.3. The predicted octanol–water partition coefficient (Wildman–Crippen LogP) is 4.49. The van der Waals surface area contributed by atoms with Crippen molar-refractivity contribution in [3.8, 4) is 20.5 Å². The summed E-state index contributed by atoms with van der Waals surface area (Å²) in [5, 5.41) is 11.2. The zero-order chi connectivity index (χ0) is 16.7. The number of hydrogen-bond acceptors (Lipinski definition) is 8. The van der Waals surface area contributed by atoms with Gasteiger partial charge in [0, 0.05) is 37.2 Å². The second-order valence-corrected chi connectivity index (χ2v) is 8.14. The molecule has 0 bridgehead atoms. The fraction of sp³-hybridized carbons (Fsp3) is 0.250. The Labute approximate surface area is 152 Å². The highest BCUT2D eigenvalue weighted by molar-refractivity contribution is 8.00. The van der Waals surface area contributed by atoms with Crippen LogP contribution in [-0.2, 0) is 0 Å². The van der Waals surface area contributed by atoms with Gasteiger partial charge < -0.3 is 9.71 Å². The summed E-state index contributed by atoms with van der Waals surface area (Å²) >= 11 is 4.99. The van der Waals surface area contributed by atoms with Crippen LogP contribution in [0.4, 0.5) is 5.00 Å². The molecule has 8 heteroatoms. The summed E-state index contributed by atoms with van der Waals surface area (Å²) in [4.78, 5) is 14.7. The minimum absolute atomic E-state index is 0.632. The molecular formula is C16H15N5S3. The van der Waals surface area contributed by atoms with E-state index in [0.29, 0.717) is 5.71 Å². The summed E-state index contributed by atoms with van der Waals surface area (Å²) in [5.41, 5.74) is 3.46. The summed E-state index contributed by atoms with van der Waals surface area (Å²) in [5.74, 6) is 0. The fourth-order valence-corrected chi connectivity index (χ4v) is 5.66. The maximum absolute atomic E-state index is 8.19. The van der Waals surface area contributed by atoms with Gasteiger partial charge in [-0.1, -0.05) is 23.3 Å². The van der Waals surface area contributed by atoms with Gasteiger partial charge >= 0.3 is 0 Å². The summed E-state index contributed by atoms with van der Waals surface area (Å²) < 4.78 is 2.23. The van der Waals surface area contributed by atoms with Gasteiger partial charge in [-0.3, -0.25) is 4.98 Å². The molecule has 0 unspecified atom stereocenters. The lowest BCUT2D eigenvalue weighted by Crippen LogP contribution is -2.24. The van der Waals surface area contributed by atoms with E-state index < -0.39 is 0 Å². The molecule has 0 atom stereocenters. The molecule has 0 aromatic carbocycles. The highest BCUT2D eigenvalue weighted by Gasteiger charge is 2.27. The lowest BCUT2D eigenvalue weighted by Gasteiger charge is -2.24. The van der Waals surface area contributed by atoms with Crippen LogP contribution in [0.15, 0.2) is 24.5 Å². The number of aryl methyl sites for hydroxylation is 1. The Morgan fingerprint density at radius 2 is 2.12 bits per heavy atom. The number of rotatable bonds is 3. The number of nitrogens with one attached hydrogen (secondary N) is 1. The van der Waals surface area contributed by atoms with Gasteiger partial charge in [0.2, 0.25) is 0 Å². The second kappa shape index (κ2) is 6.27. The van der Waals surface area contributed by atoms with E-state index in [1.54, 1.807) is 40.8 Å². The standard InChI is InChI=1S/C16H15N5S3/c1-9-13(23-14(19-9)10-4-3-6-18-8-10)15-20-12-11(17)5-7-21(22-2)16(12)24-15/h3-4,6,8,17H,5,7H2,1-2H3. The van der Waals surface area contributed by atoms with Gasteiger partial charge in [0.25, 0.3) is 0 Å². The van der Waals surface area contributed by atoms with E-state index in [1.807, 2.05) is 25.3 Å². The highest BCUT2D eigenvalue weighted by Crippen LogP contribution is 2.43. The molecule has 122 valence electrons. The minimum Gasteiger partial charge on any atom is -0.306 e. The zero-order valence-corrected chi connectivity index (χ0v) is 15.7. The molecule has 0 spiro atoms. The molecule has 3 aromatic heterocycles. The van der Waals surface area contributed by atoms with Crippen LogP contribution in [0.2, 0.25) is 0 Å². The Morgan fingerprint density at radius 1 is 1.25 bits per heavy atom. The van der Waals surface area contributed by atoms with Gasteiger partial charge in [-0.15, -0.1) is 11.3 Å². The van der Waals surface area contributed by atoms with Crippen molar-refractivity contribution in [2.24, 2.45) is 0 Å². The molecular weight excluding hydrogens is 358 g/mol. The first-order chi connectivity index (χ1) is 11.7. The van der Waals surface area contributed by atoms with Crippen molar-refractivity contribution in [3.63, 3.8) is 0 Å². The van der Waals surface area contributed by atoms with Crippen molar-refractivity contribution in [3.05, 3.63) is 35.9 Å². The lowest BCUT2D eigenvalue weighted by atomic mass is 10.1. The molecule has 3 aromatic rings. The molecule has 0 fully saturated rings. The molecule has 4 rings (SSSR count). The van der Waals surface area contributed by atoms with Gasteiger partial charge in [0.05, 0.1) is 16.3 Å². The van der Waals surface area contributed by atoms with E-state index >= 15 is 0 Å². The number of nitrogens with zero attached hydrogens (tertiary/aromatic N) is 4. The summed E-state index contributed by atoms with van der Waals surface area (Å²) in [6.45, 7) is 2.89. The number of pyridine rings is 1. The maximum Gasteiger partial charge on any atom is 0.138 e. The quantitative estimate of drug-likeness (QED) is 0.685. The third-order valence-corrected chi connectivity index (χ3v) is 7.17.